The number of halogens is 1. The average Bonchev–Trinajstić information content (AvgIpc) is 2.35. The Balaban J connectivity index is 2.54. The molecule has 0 heterocycles. The molecule has 0 spiro atoms. The molecule has 0 bridgehead atoms. The predicted molar refractivity (Wildman–Crippen MR) is 79.1 cm³/mol. The quantitative estimate of drug-likeness (QED) is 0.865. The number of rotatable bonds is 3. The molecule has 0 saturated carbocycles. The van der Waals surface area contributed by atoms with Gasteiger partial charge in [0.1, 0.15) is 0 Å². The van der Waals surface area contributed by atoms with Gasteiger partial charge >= 0.3 is 0 Å². The van der Waals surface area contributed by atoms with Crippen molar-refractivity contribution in [2.75, 3.05) is 7.05 Å². The van der Waals surface area contributed by atoms with E-state index in [0.717, 1.165) is 11.6 Å². The van der Waals surface area contributed by atoms with Gasteiger partial charge in [-0.1, -0.05) is 35.9 Å². The van der Waals surface area contributed by atoms with Gasteiger partial charge in [0.05, 0.1) is 0 Å². The maximum absolute atomic E-state index is 6.12. The van der Waals surface area contributed by atoms with Gasteiger partial charge < -0.3 is 5.32 Å². The summed E-state index contributed by atoms with van der Waals surface area (Å²) in [5, 5.41) is 3.98. The van der Waals surface area contributed by atoms with Crippen molar-refractivity contribution in [2.45, 2.75) is 20.4 Å². The van der Waals surface area contributed by atoms with Crippen molar-refractivity contribution >= 4 is 11.6 Å². The van der Waals surface area contributed by atoms with Gasteiger partial charge in [-0.2, -0.15) is 0 Å². The zero-order valence-corrected chi connectivity index (χ0v) is 11.8. The molecule has 0 saturated heterocycles. The highest BCUT2D eigenvalue weighted by atomic mass is 35.5. The fourth-order valence-electron chi connectivity index (χ4n) is 2.07. The molecule has 0 unspecified atom stereocenters. The van der Waals surface area contributed by atoms with Crippen LogP contribution >= 0.6 is 11.6 Å². The number of benzene rings is 2. The fourth-order valence-corrected chi connectivity index (χ4v) is 2.24. The Morgan fingerprint density at radius 2 is 1.78 bits per heavy atom. The van der Waals surface area contributed by atoms with Crippen LogP contribution in [0.3, 0.4) is 0 Å². The summed E-state index contributed by atoms with van der Waals surface area (Å²) in [6.45, 7) is 5.12. The molecule has 2 rings (SSSR count). The van der Waals surface area contributed by atoms with Crippen LogP contribution in [0.15, 0.2) is 36.4 Å². The van der Waals surface area contributed by atoms with E-state index in [1.54, 1.807) is 0 Å². The SMILES string of the molecule is CNCc1ccc(Cl)cc1-c1ccc(C)c(C)c1. The first kappa shape index (κ1) is 13.1. The van der Waals surface area contributed by atoms with E-state index < -0.39 is 0 Å². The van der Waals surface area contributed by atoms with E-state index in [9.17, 15) is 0 Å². The van der Waals surface area contributed by atoms with E-state index in [2.05, 4.69) is 43.4 Å². The molecule has 0 aromatic heterocycles. The molecule has 2 aromatic rings. The molecule has 1 nitrogen and oxygen atoms in total. The molecule has 94 valence electrons. The van der Waals surface area contributed by atoms with Gasteiger partial charge in [0.15, 0.2) is 0 Å². The Kier molecular flexibility index (Phi) is 4.05. The summed E-state index contributed by atoms with van der Waals surface area (Å²) in [4.78, 5) is 0. The van der Waals surface area contributed by atoms with E-state index in [1.807, 2.05) is 19.2 Å². The maximum atomic E-state index is 6.12. The van der Waals surface area contributed by atoms with Crippen molar-refractivity contribution in [3.05, 3.63) is 58.1 Å². The Labute approximate surface area is 114 Å². The van der Waals surface area contributed by atoms with Crippen molar-refractivity contribution in [1.29, 1.82) is 0 Å². The molecule has 0 aliphatic heterocycles. The number of hydrogen-bond acceptors (Lipinski definition) is 1. The first-order chi connectivity index (χ1) is 8.61. The van der Waals surface area contributed by atoms with Gasteiger partial charge in [-0.3, -0.25) is 0 Å². The standard InChI is InChI=1S/C16H18ClN/c1-11-4-5-13(8-12(11)2)16-9-15(17)7-6-14(16)10-18-3/h4-9,18H,10H2,1-3H3. The minimum atomic E-state index is 0.781. The molecule has 0 atom stereocenters. The van der Waals surface area contributed by atoms with Crippen LogP contribution in [0.5, 0.6) is 0 Å². The third-order valence-corrected chi connectivity index (χ3v) is 3.49. The highest BCUT2D eigenvalue weighted by Crippen LogP contribution is 2.28. The predicted octanol–water partition coefficient (Wildman–Crippen LogP) is 4.34. The lowest BCUT2D eigenvalue weighted by Gasteiger charge is -2.12. The minimum absolute atomic E-state index is 0.781. The molecular weight excluding hydrogens is 242 g/mol. The second-order valence-electron chi connectivity index (χ2n) is 4.63. The van der Waals surface area contributed by atoms with Crippen LogP contribution in [0.4, 0.5) is 0 Å². The van der Waals surface area contributed by atoms with Crippen molar-refractivity contribution in [2.24, 2.45) is 0 Å². The van der Waals surface area contributed by atoms with Crippen LogP contribution in [0.2, 0.25) is 5.02 Å². The Hall–Kier alpha value is -1.31. The van der Waals surface area contributed by atoms with E-state index in [4.69, 9.17) is 11.6 Å². The van der Waals surface area contributed by atoms with Gasteiger partial charge in [0.2, 0.25) is 0 Å². The topological polar surface area (TPSA) is 12.0 Å². The lowest BCUT2D eigenvalue weighted by atomic mass is 9.96. The summed E-state index contributed by atoms with van der Waals surface area (Å²) in [6.07, 6.45) is 0. The average molecular weight is 260 g/mol. The largest absolute Gasteiger partial charge is 0.316 e. The molecule has 2 aromatic carbocycles. The molecule has 0 amide bonds. The Bertz CT molecular complexity index is 561. The van der Waals surface area contributed by atoms with Crippen LogP contribution in [-0.4, -0.2) is 7.05 Å². The summed E-state index contributed by atoms with van der Waals surface area (Å²) >= 11 is 6.12. The lowest BCUT2D eigenvalue weighted by Crippen LogP contribution is -2.06. The number of aryl methyl sites for hydroxylation is 2. The first-order valence-electron chi connectivity index (χ1n) is 6.12. The van der Waals surface area contributed by atoms with Crippen LogP contribution in [0, 0.1) is 13.8 Å². The maximum Gasteiger partial charge on any atom is 0.0412 e. The van der Waals surface area contributed by atoms with Gasteiger partial charge in [-0.15, -0.1) is 0 Å². The molecular formula is C16H18ClN. The zero-order chi connectivity index (χ0) is 13.1. The Morgan fingerprint density at radius 3 is 2.44 bits per heavy atom. The van der Waals surface area contributed by atoms with E-state index >= 15 is 0 Å². The van der Waals surface area contributed by atoms with Crippen LogP contribution in [-0.2, 0) is 6.54 Å². The summed E-state index contributed by atoms with van der Waals surface area (Å²) in [6, 6.07) is 12.6. The molecule has 0 aliphatic carbocycles. The molecule has 0 radical (unpaired) electrons. The molecule has 1 N–H and O–H groups in total. The second-order valence-corrected chi connectivity index (χ2v) is 5.07. The van der Waals surface area contributed by atoms with Crippen LogP contribution in [0.25, 0.3) is 11.1 Å². The molecule has 2 heteroatoms. The zero-order valence-electron chi connectivity index (χ0n) is 11.0. The van der Waals surface area contributed by atoms with E-state index in [-0.39, 0.29) is 0 Å². The van der Waals surface area contributed by atoms with Gasteiger partial charge in [-0.25, -0.2) is 0 Å². The second kappa shape index (κ2) is 5.55. The monoisotopic (exact) mass is 259 g/mol. The third kappa shape index (κ3) is 2.74. The van der Waals surface area contributed by atoms with Crippen LogP contribution in [0.1, 0.15) is 16.7 Å². The molecule has 0 aliphatic rings. The Morgan fingerprint density at radius 1 is 1.00 bits per heavy atom. The highest BCUT2D eigenvalue weighted by molar-refractivity contribution is 6.30. The molecule has 18 heavy (non-hydrogen) atoms. The fraction of sp³-hybridized carbons (Fsp3) is 0.250. The normalized spacial score (nSPS) is 10.7. The van der Waals surface area contributed by atoms with E-state index in [1.165, 1.54) is 27.8 Å². The summed E-state index contributed by atoms with van der Waals surface area (Å²) in [5.41, 5.74) is 6.33. The van der Waals surface area contributed by atoms with Crippen molar-refractivity contribution in [3.8, 4) is 11.1 Å². The highest BCUT2D eigenvalue weighted by Gasteiger charge is 2.06. The van der Waals surface area contributed by atoms with Crippen molar-refractivity contribution in [3.63, 3.8) is 0 Å². The number of nitrogens with one attached hydrogen (secondary N) is 1. The summed E-state index contributed by atoms with van der Waals surface area (Å²) < 4.78 is 0. The minimum Gasteiger partial charge on any atom is -0.316 e. The van der Waals surface area contributed by atoms with Gasteiger partial charge in [0, 0.05) is 11.6 Å². The lowest BCUT2D eigenvalue weighted by molar-refractivity contribution is 0.819. The molecule has 0 fully saturated rings. The van der Waals surface area contributed by atoms with E-state index in [0.29, 0.717) is 0 Å². The number of hydrogen-bond donors (Lipinski definition) is 1. The third-order valence-electron chi connectivity index (χ3n) is 3.26. The van der Waals surface area contributed by atoms with Gasteiger partial charge in [0.25, 0.3) is 0 Å². The van der Waals surface area contributed by atoms with Crippen molar-refractivity contribution < 1.29 is 0 Å². The van der Waals surface area contributed by atoms with Crippen LogP contribution < -0.4 is 5.32 Å². The van der Waals surface area contributed by atoms with Crippen molar-refractivity contribution in [1.82, 2.24) is 5.32 Å². The summed E-state index contributed by atoms with van der Waals surface area (Å²) in [5.74, 6) is 0. The smallest absolute Gasteiger partial charge is 0.0412 e. The summed E-state index contributed by atoms with van der Waals surface area (Å²) in [7, 11) is 1.96. The van der Waals surface area contributed by atoms with Gasteiger partial charge in [-0.05, 0) is 60.8 Å². The first-order valence-corrected chi connectivity index (χ1v) is 6.50.